The summed E-state index contributed by atoms with van der Waals surface area (Å²) < 4.78 is 2.42. The molecule has 0 aliphatic carbocycles. The van der Waals surface area contributed by atoms with Crippen molar-refractivity contribution in [1.82, 2.24) is 4.57 Å². The van der Waals surface area contributed by atoms with Gasteiger partial charge in [-0.2, -0.15) is 0 Å². The highest BCUT2D eigenvalue weighted by molar-refractivity contribution is 6.12. The van der Waals surface area contributed by atoms with Gasteiger partial charge in [-0.15, -0.1) is 0 Å². The van der Waals surface area contributed by atoms with Gasteiger partial charge in [-0.05, 0) is 104 Å². The second-order valence-corrected chi connectivity index (χ2v) is 15.4. The molecule has 0 saturated carbocycles. The van der Waals surface area contributed by atoms with Crippen LogP contribution in [-0.2, 0) is 0 Å². The van der Waals surface area contributed by atoms with Gasteiger partial charge in [0.1, 0.15) is 0 Å². The lowest BCUT2D eigenvalue weighted by Gasteiger charge is -2.17. The molecule has 2 heterocycles. The number of fused-ring (bicyclic) bond motifs is 10. The van der Waals surface area contributed by atoms with Gasteiger partial charge in [-0.1, -0.05) is 164 Å². The van der Waals surface area contributed by atoms with Gasteiger partial charge in [-0.25, -0.2) is 0 Å². The normalized spacial score (nSPS) is 11.9. The molecule has 0 fully saturated rings. The number of para-hydroxylation sites is 3. The third-order valence-electron chi connectivity index (χ3n) is 12.1. The summed E-state index contributed by atoms with van der Waals surface area (Å²) in [5, 5.41) is 11.4. The average molecular weight is 737 g/mol. The molecule has 270 valence electrons. The molecule has 58 heavy (non-hydrogen) atoms. The molecular weight excluding hydrogens is 701 g/mol. The molecule has 0 saturated heterocycles. The Labute approximate surface area is 336 Å². The number of anilines is 2. The molecule has 1 aromatic heterocycles. The quantitative estimate of drug-likeness (QED) is 0.190. The van der Waals surface area contributed by atoms with Crippen molar-refractivity contribution in [1.29, 1.82) is 0 Å². The second kappa shape index (κ2) is 12.9. The molecule has 12 rings (SSSR count). The minimum absolute atomic E-state index is 1.12. The number of nitrogens with zero attached hydrogens (tertiary/aromatic N) is 1. The summed E-state index contributed by atoms with van der Waals surface area (Å²) in [4.78, 5) is 0. The van der Waals surface area contributed by atoms with Crippen molar-refractivity contribution in [2.45, 2.75) is 0 Å². The SMILES string of the molecule is c1cc(-c2ccc(-c3ccc4c(c3)c3ccccc3n4-c3cccc4ccccc34)cc2)cc(-c2cccc3c2Nc2ccccc2-c2cc4ccccc4cc2-3)c1. The lowest BCUT2D eigenvalue weighted by Crippen LogP contribution is -1.95. The molecule has 0 amide bonds. The van der Waals surface area contributed by atoms with Crippen LogP contribution in [0.1, 0.15) is 0 Å². The largest absolute Gasteiger partial charge is 0.354 e. The summed E-state index contributed by atoms with van der Waals surface area (Å²) >= 11 is 0. The Morgan fingerprint density at radius 3 is 1.67 bits per heavy atom. The van der Waals surface area contributed by atoms with E-state index in [9.17, 15) is 0 Å². The van der Waals surface area contributed by atoms with Crippen LogP contribution in [0, 0.1) is 0 Å². The van der Waals surface area contributed by atoms with Crippen molar-refractivity contribution in [2.24, 2.45) is 0 Å². The van der Waals surface area contributed by atoms with Gasteiger partial charge >= 0.3 is 0 Å². The minimum atomic E-state index is 1.12. The van der Waals surface area contributed by atoms with E-state index in [4.69, 9.17) is 0 Å². The minimum Gasteiger partial charge on any atom is -0.354 e. The lowest BCUT2D eigenvalue weighted by molar-refractivity contribution is 1.20. The smallest absolute Gasteiger partial charge is 0.0543 e. The zero-order chi connectivity index (χ0) is 38.2. The van der Waals surface area contributed by atoms with E-state index in [1.165, 1.54) is 105 Å². The fraction of sp³-hybridized carbons (Fsp3) is 0. The molecule has 2 nitrogen and oxygen atoms in total. The molecule has 0 radical (unpaired) electrons. The van der Waals surface area contributed by atoms with Gasteiger partial charge in [0, 0.05) is 38.5 Å². The number of nitrogens with one attached hydrogen (secondary N) is 1. The monoisotopic (exact) mass is 736 g/mol. The van der Waals surface area contributed by atoms with E-state index in [1.807, 2.05) is 0 Å². The summed E-state index contributed by atoms with van der Waals surface area (Å²) in [6.07, 6.45) is 0. The molecule has 0 atom stereocenters. The van der Waals surface area contributed by atoms with Crippen LogP contribution in [0.2, 0.25) is 0 Å². The van der Waals surface area contributed by atoms with Crippen molar-refractivity contribution in [3.8, 4) is 61.3 Å². The Morgan fingerprint density at radius 1 is 0.293 bits per heavy atom. The van der Waals surface area contributed by atoms with Crippen molar-refractivity contribution in [2.75, 3.05) is 5.32 Å². The predicted molar refractivity (Wildman–Crippen MR) is 246 cm³/mol. The fourth-order valence-corrected chi connectivity index (χ4v) is 9.34. The van der Waals surface area contributed by atoms with Gasteiger partial charge < -0.3 is 9.88 Å². The standard InChI is InChI=1S/C56H36N2/c1-2-14-41-34-50-48-22-11-21-45(56(48)57-52-23-7-5-19-46(52)49(50)33-40(41)13-1)43-17-9-16-39(32-43)36-26-28-37(29-27-36)42-30-31-55-51(35-42)47-20-6-8-24-54(47)58(55)53-25-10-15-38-12-3-4-18-44(38)53/h1-35,57H. The third-order valence-corrected chi connectivity index (χ3v) is 12.1. The van der Waals surface area contributed by atoms with Crippen molar-refractivity contribution in [3.63, 3.8) is 0 Å². The van der Waals surface area contributed by atoms with Crippen LogP contribution in [0.5, 0.6) is 0 Å². The zero-order valence-corrected chi connectivity index (χ0v) is 31.7. The first-order valence-corrected chi connectivity index (χ1v) is 20.0. The molecule has 11 aromatic rings. The van der Waals surface area contributed by atoms with Crippen LogP contribution in [0.4, 0.5) is 11.4 Å². The molecule has 1 N–H and O–H groups in total. The molecule has 1 aliphatic rings. The Bertz CT molecular complexity index is 3420. The van der Waals surface area contributed by atoms with Crippen molar-refractivity contribution >= 4 is 54.7 Å². The summed E-state index contributed by atoms with van der Waals surface area (Å²) in [5.74, 6) is 0. The van der Waals surface area contributed by atoms with Gasteiger partial charge in [0.2, 0.25) is 0 Å². The van der Waals surface area contributed by atoms with Gasteiger partial charge in [-0.3, -0.25) is 0 Å². The van der Waals surface area contributed by atoms with E-state index >= 15 is 0 Å². The molecule has 10 aromatic carbocycles. The van der Waals surface area contributed by atoms with E-state index in [2.05, 4.69) is 222 Å². The fourth-order valence-electron chi connectivity index (χ4n) is 9.34. The van der Waals surface area contributed by atoms with Crippen molar-refractivity contribution in [3.05, 3.63) is 212 Å². The van der Waals surface area contributed by atoms with Crippen LogP contribution in [0.3, 0.4) is 0 Å². The number of rotatable bonds is 4. The number of hydrogen-bond acceptors (Lipinski definition) is 1. The summed E-state index contributed by atoms with van der Waals surface area (Å²) in [6.45, 7) is 0. The van der Waals surface area contributed by atoms with Crippen LogP contribution in [0.25, 0.3) is 105 Å². The summed E-state index contributed by atoms with van der Waals surface area (Å²) in [7, 11) is 0. The molecule has 0 bridgehead atoms. The Hall–Kier alpha value is -7.68. The van der Waals surface area contributed by atoms with E-state index in [0.29, 0.717) is 0 Å². The van der Waals surface area contributed by atoms with Gasteiger partial charge in [0.25, 0.3) is 0 Å². The number of benzene rings is 10. The first kappa shape index (κ1) is 32.6. The molecule has 2 heteroatoms. The van der Waals surface area contributed by atoms with Crippen LogP contribution in [0.15, 0.2) is 212 Å². The topological polar surface area (TPSA) is 17.0 Å². The predicted octanol–water partition coefficient (Wildman–Crippen LogP) is 15.5. The maximum absolute atomic E-state index is 3.90. The Morgan fingerprint density at radius 2 is 0.845 bits per heavy atom. The van der Waals surface area contributed by atoms with E-state index in [1.54, 1.807) is 0 Å². The third kappa shape index (κ3) is 5.12. The lowest BCUT2D eigenvalue weighted by atomic mass is 9.89. The molecule has 0 spiro atoms. The molecular formula is C56H36N2. The van der Waals surface area contributed by atoms with Crippen molar-refractivity contribution < 1.29 is 0 Å². The molecule has 1 aliphatic heterocycles. The van der Waals surface area contributed by atoms with Crippen LogP contribution >= 0.6 is 0 Å². The highest BCUT2D eigenvalue weighted by Gasteiger charge is 2.22. The second-order valence-electron chi connectivity index (χ2n) is 15.4. The first-order valence-electron chi connectivity index (χ1n) is 20.0. The van der Waals surface area contributed by atoms with E-state index in [-0.39, 0.29) is 0 Å². The van der Waals surface area contributed by atoms with E-state index < -0.39 is 0 Å². The maximum Gasteiger partial charge on any atom is 0.0543 e. The maximum atomic E-state index is 3.90. The number of hydrogen-bond donors (Lipinski definition) is 1. The van der Waals surface area contributed by atoms with Gasteiger partial charge in [0.15, 0.2) is 0 Å². The van der Waals surface area contributed by atoms with E-state index in [0.717, 1.165) is 11.4 Å². The van der Waals surface area contributed by atoms with Gasteiger partial charge in [0.05, 0.1) is 22.4 Å². The summed E-state index contributed by atoms with van der Waals surface area (Å²) in [6, 6.07) is 77.7. The Kier molecular flexibility index (Phi) is 7.26. The summed E-state index contributed by atoms with van der Waals surface area (Å²) in [5.41, 5.74) is 18.0. The first-order chi connectivity index (χ1) is 28.7. The Balaban J connectivity index is 0.923. The molecule has 0 unspecified atom stereocenters. The zero-order valence-electron chi connectivity index (χ0n) is 31.7. The highest BCUT2D eigenvalue weighted by atomic mass is 15.0. The van der Waals surface area contributed by atoms with Crippen LogP contribution < -0.4 is 5.32 Å². The highest BCUT2D eigenvalue weighted by Crippen LogP contribution is 2.49. The average Bonchev–Trinajstić information content (AvgIpc) is 3.54. The van der Waals surface area contributed by atoms with Crippen LogP contribution in [-0.4, -0.2) is 4.57 Å². The number of aromatic nitrogens is 1.